The average molecular weight is 288 g/mol. The smallest absolute Gasteiger partial charge is 0.373 e. The van der Waals surface area contributed by atoms with Crippen molar-refractivity contribution in [2.45, 2.75) is 76.4 Å². The van der Waals surface area contributed by atoms with Crippen molar-refractivity contribution in [1.29, 1.82) is 0 Å². The molecule has 2 fully saturated rings. The van der Waals surface area contributed by atoms with Crippen LogP contribution in [0.1, 0.15) is 64.2 Å². The third-order valence-electron chi connectivity index (χ3n) is 3.15. The zero-order valence-electron chi connectivity index (χ0n) is 11.8. The number of carbonyl (C=O) groups excluding carboxylic acids is 4. The maximum Gasteiger partial charge on any atom is 0.373 e. The molecule has 0 bridgehead atoms. The van der Waals surface area contributed by atoms with E-state index in [-0.39, 0.29) is 24.5 Å². The molecule has 6 heteroatoms. The van der Waals surface area contributed by atoms with Gasteiger partial charge in [-0.3, -0.25) is 0 Å². The lowest BCUT2D eigenvalue weighted by molar-refractivity contribution is -0.193. The van der Waals surface area contributed by atoms with Gasteiger partial charge in [0.2, 0.25) is 0 Å². The molecular weight excluding hydrogens is 264 g/mol. The lowest BCUT2D eigenvalue weighted by atomic mass is 9.98. The van der Waals surface area contributed by atoms with E-state index in [9.17, 15) is 0 Å². The Morgan fingerprint density at radius 1 is 0.550 bits per heavy atom. The summed E-state index contributed by atoms with van der Waals surface area (Å²) in [7, 11) is 0. The van der Waals surface area contributed by atoms with E-state index < -0.39 is 0 Å². The van der Waals surface area contributed by atoms with Gasteiger partial charge in [-0.25, -0.2) is 0 Å². The fourth-order valence-corrected chi connectivity index (χ4v) is 2.16. The van der Waals surface area contributed by atoms with Gasteiger partial charge in [-0.1, -0.05) is 38.5 Å². The van der Waals surface area contributed by atoms with Crippen LogP contribution in [-0.2, 0) is 19.2 Å². The number of aliphatic hydroxyl groups excluding tert-OH is 2. The minimum Gasteiger partial charge on any atom is -0.393 e. The first-order valence-corrected chi connectivity index (χ1v) is 6.97. The molecule has 2 aliphatic rings. The predicted octanol–water partition coefficient (Wildman–Crippen LogP) is 1.46. The molecule has 116 valence electrons. The van der Waals surface area contributed by atoms with E-state index in [2.05, 4.69) is 0 Å². The van der Waals surface area contributed by atoms with Crippen molar-refractivity contribution < 1.29 is 29.4 Å². The average Bonchev–Trinajstić information content (AvgIpc) is 2.43. The highest BCUT2D eigenvalue weighted by Gasteiger charge is 2.08. The molecule has 0 unspecified atom stereocenters. The summed E-state index contributed by atoms with van der Waals surface area (Å²) in [5.74, 6) is 0. The van der Waals surface area contributed by atoms with Crippen molar-refractivity contribution in [2.75, 3.05) is 0 Å². The molecule has 0 radical (unpaired) electrons. The lowest BCUT2D eigenvalue weighted by Gasteiger charge is -2.14. The molecule has 0 amide bonds. The SMILES string of the molecule is O=C=O.O=C=O.OC1CCCCC1.OC1CCCCC1. The van der Waals surface area contributed by atoms with Crippen molar-refractivity contribution in [3.05, 3.63) is 0 Å². The van der Waals surface area contributed by atoms with Crippen molar-refractivity contribution in [3.63, 3.8) is 0 Å². The summed E-state index contributed by atoms with van der Waals surface area (Å²) in [5, 5.41) is 17.8. The predicted molar refractivity (Wildman–Crippen MR) is 68.2 cm³/mol. The van der Waals surface area contributed by atoms with Gasteiger partial charge >= 0.3 is 12.3 Å². The summed E-state index contributed by atoms with van der Waals surface area (Å²) in [6.07, 6.45) is 12.3. The van der Waals surface area contributed by atoms with Gasteiger partial charge in [-0.2, -0.15) is 19.2 Å². The van der Waals surface area contributed by atoms with Gasteiger partial charge in [-0.15, -0.1) is 0 Å². The Morgan fingerprint density at radius 2 is 0.750 bits per heavy atom. The molecule has 0 heterocycles. The van der Waals surface area contributed by atoms with Gasteiger partial charge in [-0.05, 0) is 25.7 Å². The Bertz CT molecular complexity index is 227. The summed E-state index contributed by atoms with van der Waals surface area (Å²) in [6.45, 7) is 0. The maximum atomic E-state index is 8.91. The highest BCUT2D eigenvalue weighted by atomic mass is 16.3. The topological polar surface area (TPSA) is 109 Å². The Morgan fingerprint density at radius 3 is 0.850 bits per heavy atom. The second-order valence-corrected chi connectivity index (χ2v) is 4.75. The summed E-state index contributed by atoms with van der Waals surface area (Å²) >= 11 is 0. The summed E-state index contributed by atoms with van der Waals surface area (Å²) in [6, 6.07) is 0. The molecule has 2 rings (SSSR count). The summed E-state index contributed by atoms with van der Waals surface area (Å²) in [4.78, 5) is 32.5. The summed E-state index contributed by atoms with van der Waals surface area (Å²) in [5.41, 5.74) is 0. The van der Waals surface area contributed by atoms with Crippen molar-refractivity contribution in [3.8, 4) is 0 Å². The Kier molecular flexibility index (Phi) is 18.6. The van der Waals surface area contributed by atoms with Crippen LogP contribution in [0.15, 0.2) is 0 Å². The molecule has 0 aromatic carbocycles. The minimum atomic E-state index is 0.0359. The zero-order valence-corrected chi connectivity index (χ0v) is 11.8. The first kappa shape index (κ1) is 21.0. The van der Waals surface area contributed by atoms with Crippen LogP contribution in [0.4, 0.5) is 0 Å². The van der Waals surface area contributed by atoms with E-state index in [4.69, 9.17) is 29.4 Å². The van der Waals surface area contributed by atoms with Crippen LogP contribution in [0.2, 0.25) is 0 Å². The van der Waals surface area contributed by atoms with Crippen LogP contribution in [0.3, 0.4) is 0 Å². The molecule has 0 aromatic heterocycles. The van der Waals surface area contributed by atoms with E-state index in [0.717, 1.165) is 25.7 Å². The van der Waals surface area contributed by atoms with Gasteiger partial charge in [0.05, 0.1) is 12.2 Å². The molecule has 6 nitrogen and oxygen atoms in total. The van der Waals surface area contributed by atoms with Gasteiger partial charge in [0, 0.05) is 0 Å². The summed E-state index contributed by atoms with van der Waals surface area (Å²) < 4.78 is 0. The normalized spacial score (nSPS) is 18.5. The Balaban J connectivity index is 0. The molecule has 20 heavy (non-hydrogen) atoms. The molecule has 2 N–H and O–H groups in total. The third kappa shape index (κ3) is 19.0. The molecule has 2 aliphatic carbocycles. The largest absolute Gasteiger partial charge is 0.393 e. The highest BCUT2D eigenvalue weighted by molar-refractivity contribution is 5.20. The minimum absolute atomic E-state index is 0.0359. The fourth-order valence-electron chi connectivity index (χ4n) is 2.16. The monoisotopic (exact) mass is 288 g/mol. The van der Waals surface area contributed by atoms with E-state index in [0.29, 0.717) is 0 Å². The first-order valence-electron chi connectivity index (χ1n) is 6.97. The Labute approximate surface area is 119 Å². The van der Waals surface area contributed by atoms with Crippen LogP contribution < -0.4 is 0 Å². The van der Waals surface area contributed by atoms with E-state index in [1.807, 2.05) is 0 Å². The van der Waals surface area contributed by atoms with Crippen LogP contribution in [0, 0.1) is 0 Å². The molecular formula is C14H24O6. The van der Waals surface area contributed by atoms with Crippen molar-refractivity contribution >= 4 is 12.3 Å². The second kappa shape index (κ2) is 17.7. The third-order valence-corrected chi connectivity index (χ3v) is 3.15. The molecule has 0 spiro atoms. The molecule has 0 aliphatic heterocycles. The number of hydrogen-bond acceptors (Lipinski definition) is 6. The quantitative estimate of drug-likeness (QED) is 0.698. The Hall–Kier alpha value is -1.32. The van der Waals surface area contributed by atoms with Crippen molar-refractivity contribution in [2.24, 2.45) is 0 Å². The van der Waals surface area contributed by atoms with Gasteiger partial charge in [0.1, 0.15) is 0 Å². The van der Waals surface area contributed by atoms with Gasteiger partial charge in [0.25, 0.3) is 0 Å². The maximum absolute atomic E-state index is 8.91. The molecule has 0 aromatic rings. The lowest BCUT2D eigenvalue weighted by Crippen LogP contribution is -2.09. The van der Waals surface area contributed by atoms with Crippen molar-refractivity contribution in [1.82, 2.24) is 0 Å². The highest BCUT2D eigenvalue weighted by Crippen LogP contribution is 2.16. The number of aliphatic hydroxyl groups is 2. The standard InChI is InChI=1S/2C6H12O.2CO2/c2*7-6-4-2-1-3-5-6;2*2-1-3/h2*6-7H,1-5H2;;. The first-order chi connectivity index (χ1) is 9.62. The second-order valence-electron chi connectivity index (χ2n) is 4.75. The van der Waals surface area contributed by atoms with Gasteiger partial charge in [0.15, 0.2) is 0 Å². The zero-order chi connectivity index (χ0) is 15.6. The number of rotatable bonds is 0. The van der Waals surface area contributed by atoms with E-state index in [1.165, 1.54) is 38.5 Å². The van der Waals surface area contributed by atoms with Crippen LogP contribution >= 0.6 is 0 Å². The fraction of sp³-hybridized carbons (Fsp3) is 0.857. The molecule has 0 saturated heterocycles. The molecule has 0 atom stereocenters. The van der Waals surface area contributed by atoms with E-state index in [1.54, 1.807) is 0 Å². The number of hydrogen-bond donors (Lipinski definition) is 2. The van der Waals surface area contributed by atoms with E-state index >= 15 is 0 Å². The molecule has 2 saturated carbocycles. The van der Waals surface area contributed by atoms with Crippen LogP contribution in [0.25, 0.3) is 0 Å². The van der Waals surface area contributed by atoms with Gasteiger partial charge < -0.3 is 10.2 Å². The van der Waals surface area contributed by atoms with Crippen LogP contribution in [0.5, 0.6) is 0 Å². The van der Waals surface area contributed by atoms with Crippen LogP contribution in [-0.4, -0.2) is 34.7 Å².